The Morgan fingerprint density at radius 3 is 2.44 bits per heavy atom. The number of amides is 2. The van der Waals surface area contributed by atoms with Crippen molar-refractivity contribution in [3.05, 3.63) is 42.0 Å². The quantitative estimate of drug-likeness (QED) is 0.672. The van der Waals surface area contributed by atoms with E-state index >= 15 is 0 Å². The van der Waals surface area contributed by atoms with Crippen molar-refractivity contribution in [2.45, 2.75) is 44.1 Å². The van der Waals surface area contributed by atoms with Crippen LogP contribution in [-0.2, 0) is 9.59 Å². The average Bonchev–Trinajstić information content (AvgIpc) is 2.85. The summed E-state index contributed by atoms with van der Waals surface area (Å²) in [5.74, 6) is 1.54. The molecule has 4 rings (SSSR count). The molecular formula is C24H31N5O2S. The summed E-state index contributed by atoms with van der Waals surface area (Å²) >= 11 is 1.37. The van der Waals surface area contributed by atoms with Crippen molar-refractivity contribution in [2.75, 3.05) is 42.1 Å². The van der Waals surface area contributed by atoms with Gasteiger partial charge in [0.25, 0.3) is 0 Å². The molecule has 170 valence electrons. The van der Waals surface area contributed by atoms with E-state index in [1.807, 2.05) is 43.3 Å². The fourth-order valence-electron chi connectivity index (χ4n) is 4.33. The number of hydrogen-bond donors (Lipinski definition) is 1. The third kappa shape index (κ3) is 5.79. The molecule has 0 radical (unpaired) electrons. The first kappa shape index (κ1) is 22.6. The first-order valence-electron chi connectivity index (χ1n) is 11.5. The number of rotatable bonds is 6. The maximum atomic E-state index is 12.7. The van der Waals surface area contributed by atoms with Crippen molar-refractivity contribution in [1.82, 2.24) is 15.1 Å². The molecule has 2 fully saturated rings. The van der Waals surface area contributed by atoms with Gasteiger partial charge in [0.15, 0.2) is 5.82 Å². The van der Waals surface area contributed by atoms with E-state index in [1.165, 1.54) is 18.2 Å². The van der Waals surface area contributed by atoms with Crippen LogP contribution in [0.15, 0.2) is 41.4 Å². The summed E-state index contributed by atoms with van der Waals surface area (Å²) in [5.41, 5.74) is 1.87. The van der Waals surface area contributed by atoms with Crippen LogP contribution in [0.1, 0.15) is 37.7 Å². The van der Waals surface area contributed by atoms with E-state index in [4.69, 9.17) is 0 Å². The van der Waals surface area contributed by atoms with Gasteiger partial charge in [0, 0.05) is 37.8 Å². The van der Waals surface area contributed by atoms with Crippen LogP contribution in [0.2, 0.25) is 0 Å². The van der Waals surface area contributed by atoms with Crippen LogP contribution < -0.4 is 10.2 Å². The fourth-order valence-corrected chi connectivity index (χ4v) is 4.94. The summed E-state index contributed by atoms with van der Waals surface area (Å²) in [7, 11) is 0. The standard InChI is InChI=1S/C24H31N5O2S/c1-18-7-3-4-8-20(18)25-22(30)17-32-23-10-9-21(26-27-23)28-15-11-19(12-16-28)24(31)29-13-5-2-6-14-29/h3-4,7-10,19H,2,5-6,11-17H2,1H3,(H,25,30). The number of para-hydroxylation sites is 1. The van der Waals surface area contributed by atoms with Crippen LogP contribution in [0.4, 0.5) is 11.5 Å². The van der Waals surface area contributed by atoms with Gasteiger partial charge in [-0.25, -0.2) is 0 Å². The van der Waals surface area contributed by atoms with Crippen molar-refractivity contribution in [1.29, 1.82) is 0 Å². The number of hydrogen-bond acceptors (Lipinski definition) is 6. The molecule has 1 aromatic heterocycles. The van der Waals surface area contributed by atoms with Gasteiger partial charge in [0.1, 0.15) is 5.03 Å². The van der Waals surface area contributed by atoms with E-state index < -0.39 is 0 Å². The molecule has 2 amide bonds. The molecule has 0 atom stereocenters. The fraction of sp³-hybridized carbons (Fsp3) is 0.500. The number of piperidine rings is 2. The molecule has 1 aromatic carbocycles. The molecule has 2 aliphatic rings. The molecular weight excluding hydrogens is 422 g/mol. The zero-order valence-corrected chi connectivity index (χ0v) is 19.4. The molecule has 32 heavy (non-hydrogen) atoms. The van der Waals surface area contributed by atoms with Crippen molar-refractivity contribution < 1.29 is 9.59 Å². The summed E-state index contributed by atoms with van der Waals surface area (Å²) in [6.45, 7) is 5.47. The predicted molar refractivity (Wildman–Crippen MR) is 128 cm³/mol. The highest BCUT2D eigenvalue weighted by Crippen LogP contribution is 2.25. The highest BCUT2D eigenvalue weighted by Gasteiger charge is 2.29. The summed E-state index contributed by atoms with van der Waals surface area (Å²) in [6.07, 6.45) is 5.25. The largest absolute Gasteiger partial charge is 0.355 e. The molecule has 2 aromatic rings. The lowest BCUT2D eigenvalue weighted by Gasteiger charge is -2.35. The van der Waals surface area contributed by atoms with Gasteiger partial charge in [-0.2, -0.15) is 0 Å². The summed E-state index contributed by atoms with van der Waals surface area (Å²) in [4.78, 5) is 29.2. The van der Waals surface area contributed by atoms with Crippen molar-refractivity contribution >= 4 is 35.1 Å². The number of likely N-dealkylation sites (tertiary alicyclic amines) is 1. The molecule has 3 heterocycles. The van der Waals surface area contributed by atoms with Crippen LogP contribution in [-0.4, -0.2) is 58.8 Å². The van der Waals surface area contributed by atoms with Gasteiger partial charge in [-0.05, 0) is 62.8 Å². The third-order valence-corrected chi connectivity index (χ3v) is 7.15. The van der Waals surface area contributed by atoms with E-state index in [0.717, 1.165) is 74.0 Å². The lowest BCUT2D eigenvalue weighted by molar-refractivity contribution is -0.137. The number of nitrogens with zero attached hydrogens (tertiary/aromatic N) is 4. The van der Waals surface area contributed by atoms with Crippen LogP contribution in [0, 0.1) is 12.8 Å². The molecule has 1 N–H and O–H groups in total. The Morgan fingerprint density at radius 2 is 1.75 bits per heavy atom. The minimum Gasteiger partial charge on any atom is -0.355 e. The van der Waals surface area contributed by atoms with E-state index in [9.17, 15) is 9.59 Å². The van der Waals surface area contributed by atoms with Gasteiger partial charge in [0.2, 0.25) is 11.8 Å². The highest BCUT2D eigenvalue weighted by molar-refractivity contribution is 7.99. The van der Waals surface area contributed by atoms with E-state index in [1.54, 1.807) is 0 Å². The van der Waals surface area contributed by atoms with Crippen LogP contribution in [0.25, 0.3) is 0 Å². The topological polar surface area (TPSA) is 78.4 Å². The third-order valence-electron chi connectivity index (χ3n) is 6.23. The minimum absolute atomic E-state index is 0.0596. The molecule has 7 nitrogen and oxygen atoms in total. The number of carbonyl (C=O) groups excluding carboxylic acids is 2. The van der Waals surface area contributed by atoms with Gasteiger partial charge in [-0.3, -0.25) is 9.59 Å². The predicted octanol–water partition coefficient (Wildman–Crippen LogP) is 3.74. The van der Waals surface area contributed by atoms with Crippen molar-refractivity contribution in [2.24, 2.45) is 5.92 Å². The van der Waals surface area contributed by atoms with Crippen molar-refractivity contribution in [3.63, 3.8) is 0 Å². The molecule has 2 aliphatic heterocycles. The second kappa shape index (κ2) is 10.8. The number of anilines is 2. The summed E-state index contributed by atoms with van der Waals surface area (Å²) in [6, 6.07) is 11.6. The summed E-state index contributed by atoms with van der Waals surface area (Å²) in [5, 5.41) is 12.3. The van der Waals surface area contributed by atoms with E-state index in [2.05, 4.69) is 25.3 Å². The van der Waals surface area contributed by atoms with Crippen LogP contribution >= 0.6 is 11.8 Å². The van der Waals surface area contributed by atoms with Crippen LogP contribution in [0.5, 0.6) is 0 Å². The molecule has 0 aliphatic carbocycles. The Labute approximate surface area is 194 Å². The maximum absolute atomic E-state index is 12.7. The minimum atomic E-state index is -0.0596. The lowest BCUT2D eigenvalue weighted by Crippen LogP contribution is -2.44. The molecule has 0 unspecified atom stereocenters. The van der Waals surface area contributed by atoms with Gasteiger partial charge >= 0.3 is 0 Å². The van der Waals surface area contributed by atoms with Gasteiger partial charge in [-0.1, -0.05) is 30.0 Å². The maximum Gasteiger partial charge on any atom is 0.234 e. The molecule has 0 bridgehead atoms. The second-order valence-corrected chi connectivity index (χ2v) is 9.52. The smallest absolute Gasteiger partial charge is 0.234 e. The monoisotopic (exact) mass is 453 g/mol. The number of aryl methyl sites for hydroxylation is 1. The van der Waals surface area contributed by atoms with Crippen molar-refractivity contribution in [3.8, 4) is 0 Å². The number of benzene rings is 1. The van der Waals surface area contributed by atoms with Crippen LogP contribution in [0.3, 0.4) is 0 Å². The Balaban J connectivity index is 1.23. The Hall–Kier alpha value is -2.61. The number of nitrogens with one attached hydrogen (secondary N) is 1. The lowest BCUT2D eigenvalue weighted by atomic mass is 9.94. The molecule has 8 heteroatoms. The first-order valence-corrected chi connectivity index (χ1v) is 12.4. The summed E-state index contributed by atoms with van der Waals surface area (Å²) < 4.78 is 0. The van der Waals surface area contributed by atoms with E-state index in [-0.39, 0.29) is 17.6 Å². The molecule has 0 saturated carbocycles. The van der Waals surface area contributed by atoms with E-state index in [0.29, 0.717) is 5.91 Å². The zero-order chi connectivity index (χ0) is 22.3. The normalized spacial score (nSPS) is 17.3. The number of thioether (sulfide) groups is 1. The Bertz CT molecular complexity index is 922. The highest BCUT2D eigenvalue weighted by atomic mass is 32.2. The van der Waals surface area contributed by atoms with Gasteiger partial charge in [0.05, 0.1) is 5.75 Å². The Morgan fingerprint density at radius 1 is 1.00 bits per heavy atom. The number of carbonyl (C=O) groups is 2. The molecule has 2 saturated heterocycles. The Kier molecular flexibility index (Phi) is 7.63. The second-order valence-electron chi connectivity index (χ2n) is 8.53. The average molecular weight is 454 g/mol. The van der Waals surface area contributed by atoms with Gasteiger partial charge in [-0.15, -0.1) is 10.2 Å². The first-order chi connectivity index (χ1) is 15.6. The van der Waals surface area contributed by atoms with Gasteiger partial charge < -0.3 is 15.1 Å². The SMILES string of the molecule is Cc1ccccc1NC(=O)CSc1ccc(N2CCC(C(=O)N3CCCCC3)CC2)nn1. The number of aromatic nitrogens is 2. The zero-order valence-electron chi connectivity index (χ0n) is 18.6. The molecule has 0 spiro atoms.